The van der Waals surface area contributed by atoms with Crippen molar-refractivity contribution < 1.29 is 0 Å². The number of hydrogen-bond acceptors (Lipinski definition) is 2. The fourth-order valence-electron chi connectivity index (χ4n) is 3.52. The van der Waals surface area contributed by atoms with Crippen molar-refractivity contribution in [3.05, 3.63) is 0 Å². The van der Waals surface area contributed by atoms with Gasteiger partial charge in [0.25, 0.3) is 0 Å². The zero-order valence-corrected chi connectivity index (χ0v) is 15.6. The van der Waals surface area contributed by atoms with E-state index < -0.39 is 0 Å². The Bertz CT molecular complexity index is 306. The van der Waals surface area contributed by atoms with Crippen LogP contribution in [0, 0.1) is 11.8 Å². The van der Waals surface area contributed by atoms with E-state index in [0.29, 0.717) is 0 Å². The van der Waals surface area contributed by atoms with Gasteiger partial charge in [0.1, 0.15) is 0 Å². The van der Waals surface area contributed by atoms with Crippen LogP contribution in [-0.2, 0) is 0 Å². The Balaban J connectivity index is 2.13. The lowest BCUT2D eigenvalue weighted by molar-refractivity contribution is 0.139. The monoisotopic (exact) mass is 310 g/mol. The topological polar surface area (TPSA) is 30.9 Å². The van der Waals surface area contributed by atoms with E-state index in [0.717, 1.165) is 30.9 Å². The molecule has 4 nitrogen and oxygen atoms in total. The minimum Gasteiger partial charge on any atom is -0.356 e. The van der Waals surface area contributed by atoms with E-state index >= 15 is 0 Å². The van der Waals surface area contributed by atoms with Crippen molar-refractivity contribution in [3.8, 4) is 0 Å². The maximum Gasteiger partial charge on any atom is 0.193 e. The van der Waals surface area contributed by atoms with E-state index in [-0.39, 0.29) is 0 Å². The second kappa shape index (κ2) is 10.9. The third-order valence-electron chi connectivity index (χ3n) is 4.55. The first-order chi connectivity index (χ1) is 10.6. The van der Waals surface area contributed by atoms with E-state index in [1.54, 1.807) is 0 Å². The van der Waals surface area contributed by atoms with Gasteiger partial charge in [-0.25, -0.2) is 0 Å². The molecule has 1 rings (SSSR count). The number of piperidine rings is 1. The van der Waals surface area contributed by atoms with Gasteiger partial charge in [-0.05, 0) is 44.1 Å². The summed E-state index contributed by atoms with van der Waals surface area (Å²) in [6, 6.07) is 0. The van der Waals surface area contributed by atoms with Crippen molar-refractivity contribution in [1.82, 2.24) is 15.1 Å². The standard InChI is InChI=1S/C18H38N4/c1-6-7-11-21(5)18(19-4)20-10-8-9-12-22-14-16(2)13-17(3)15-22/h16-17H,6-15H2,1-5H3,(H,19,20). The van der Waals surface area contributed by atoms with Gasteiger partial charge in [0, 0.05) is 40.3 Å². The molecule has 1 aliphatic rings. The Labute approximate surface area is 138 Å². The van der Waals surface area contributed by atoms with E-state index in [4.69, 9.17) is 0 Å². The highest BCUT2D eigenvalue weighted by Gasteiger charge is 2.20. The summed E-state index contributed by atoms with van der Waals surface area (Å²) in [5.41, 5.74) is 0. The summed E-state index contributed by atoms with van der Waals surface area (Å²) in [6.45, 7) is 13.0. The molecule has 22 heavy (non-hydrogen) atoms. The number of nitrogens with zero attached hydrogens (tertiary/aromatic N) is 3. The highest BCUT2D eigenvalue weighted by atomic mass is 15.3. The van der Waals surface area contributed by atoms with Gasteiger partial charge in [0.2, 0.25) is 0 Å². The molecule has 1 saturated heterocycles. The van der Waals surface area contributed by atoms with Gasteiger partial charge < -0.3 is 15.1 Å². The number of guanidine groups is 1. The van der Waals surface area contributed by atoms with E-state index in [1.807, 2.05) is 7.05 Å². The Kier molecular flexibility index (Phi) is 9.53. The Hall–Kier alpha value is -0.770. The molecular weight excluding hydrogens is 272 g/mol. The van der Waals surface area contributed by atoms with Gasteiger partial charge in [-0.3, -0.25) is 4.99 Å². The van der Waals surface area contributed by atoms with Gasteiger partial charge in [0.05, 0.1) is 0 Å². The molecule has 4 heteroatoms. The molecule has 0 aromatic heterocycles. The van der Waals surface area contributed by atoms with Gasteiger partial charge >= 0.3 is 0 Å². The van der Waals surface area contributed by atoms with Crippen LogP contribution in [0.2, 0.25) is 0 Å². The second-order valence-electron chi connectivity index (χ2n) is 7.16. The van der Waals surface area contributed by atoms with Crippen molar-refractivity contribution in [3.63, 3.8) is 0 Å². The van der Waals surface area contributed by atoms with Crippen molar-refractivity contribution >= 4 is 5.96 Å². The van der Waals surface area contributed by atoms with Gasteiger partial charge in [0.15, 0.2) is 5.96 Å². The zero-order chi connectivity index (χ0) is 16.4. The molecule has 0 aromatic rings. The summed E-state index contributed by atoms with van der Waals surface area (Å²) < 4.78 is 0. The summed E-state index contributed by atoms with van der Waals surface area (Å²) in [5.74, 6) is 2.77. The lowest BCUT2D eigenvalue weighted by Gasteiger charge is -2.35. The van der Waals surface area contributed by atoms with Crippen LogP contribution < -0.4 is 5.32 Å². The molecule has 2 unspecified atom stereocenters. The largest absolute Gasteiger partial charge is 0.356 e. The maximum absolute atomic E-state index is 4.37. The van der Waals surface area contributed by atoms with Crippen LogP contribution in [0.1, 0.15) is 52.9 Å². The Morgan fingerprint density at radius 3 is 2.45 bits per heavy atom. The van der Waals surface area contributed by atoms with Crippen LogP contribution in [0.3, 0.4) is 0 Å². The number of unbranched alkanes of at least 4 members (excludes halogenated alkanes) is 2. The van der Waals surface area contributed by atoms with Crippen LogP contribution in [-0.4, -0.2) is 62.6 Å². The van der Waals surface area contributed by atoms with Gasteiger partial charge in [-0.1, -0.05) is 27.2 Å². The smallest absolute Gasteiger partial charge is 0.193 e. The first-order valence-electron chi connectivity index (χ1n) is 9.20. The summed E-state index contributed by atoms with van der Waals surface area (Å²) in [7, 11) is 4.00. The average molecular weight is 311 g/mol. The predicted octanol–water partition coefficient (Wildman–Crippen LogP) is 3.05. The van der Waals surface area contributed by atoms with Crippen LogP contribution in [0.15, 0.2) is 4.99 Å². The molecular formula is C18H38N4. The SMILES string of the molecule is CCCCN(C)C(=NC)NCCCCN1CC(C)CC(C)C1. The van der Waals surface area contributed by atoms with Crippen LogP contribution in [0.25, 0.3) is 0 Å². The number of likely N-dealkylation sites (tertiary alicyclic amines) is 1. The first kappa shape index (κ1) is 19.3. The molecule has 0 radical (unpaired) electrons. The summed E-state index contributed by atoms with van der Waals surface area (Å²) in [4.78, 5) is 9.26. The Morgan fingerprint density at radius 2 is 1.86 bits per heavy atom. The lowest BCUT2D eigenvalue weighted by Crippen LogP contribution is -2.40. The molecule has 0 bridgehead atoms. The van der Waals surface area contributed by atoms with Crippen LogP contribution in [0.5, 0.6) is 0 Å². The summed E-state index contributed by atoms with van der Waals surface area (Å²) in [6.07, 6.45) is 6.36. The van der Waals surface area contributed by atoms with Crippen molar-refractivity contribution in [2.24, 2.45) is 16.8 Å². The first-order valence-corrected chi connectivity index (χ1v) is 9.20. The highest BCUT2D eigenvalue weighted by Crippen LogP contribution is 2.20. The molecule has 1 aliphatic heterocycles. The average Bonchev–Trinajstić information content (AvgIpc) is 2.47. The summed E-state index contributed by atoms with van der Waals surface area (Å²) >= 11 is 0. The normalized spacial score (nSPS) is 23.6. The zero-order valence-electron chi connectivity index (χ0n) is 15.6. The van der Waals surface area contributed by atoms with Crippen molar-refractivity contribution in [1.29, 1.82) is 0 Å². The number of nitrogens with one attached hydrogen (secondary N) is 1. The molecule has 1 heterocycles. The highest BCUT2D eigenvalue weighted by molar-refractivity contribution is 5.79. The quantitative estimate of drug-likeness (QED) is 0.425. The fraction of sp³-hybridized carbons (Fsp3) is 0.944. The minimum absolute atomic E-state index is 0.868. The molecule has 0 saturated carbocycles. The lowest BCUT2D eigenvalue weighted by atomic mass is 9.92. The molecule has 1 N–H and O–H groups in total. The van der Waals surface area contributed by atoms with Gasteiger partial charge in [-0.2, -0.15) is 0 Å². The van der Waals surface area contributed by atoms with Crippen LogP contribution in [0.4, 0.5) is 0 Å². The molecule has 0 aliphatic carbocycles. The van der Waals surface area contributed by atoms with Crippen molar-refractivity contribution in [2.45, 2.75) is 52.9 Å². The minimum atomic E-state index is 0.868. The molecule has 0 amide bonds. The molecule has 2 atom stereocenters. The van der Waals surface area contributed by atoms with E-state index in [1.165, 1.54) is 51.7 Å². The number of rotatable bonds is 8. The van der Waals surface area contributed by atoms with E-state index in [9.17, 15) is 0 Å². The third kappa shape index (κ3) is 7.48. The predicted molar refractivity (Wildman–Crippen MR) is 97.5 cm³/mol. The third-order valence-corrected chi connectivity index (χ3v) is 4.55. The Morgan fingerprint density at radius 1 is 1.18 bits per heavy atom. The van der Waals surface area contributed by atoms with Gasteiger partial charge in [-0.15, -0.1) is 0 Å². The maximum atomic E-state index is 4.37. The van der Waals surface area contributed by atoms with Crippen molar-refractivity contribution in [2.75, 3.05) is 46.8 Å². The van der Waals surface area contributed by atoms with Crippen LogP contribution >= 0.6 is 0 Å². The molecule has 0 aromatic carbocycles. The number of aliphatic imine (C=N–C) groups is 1. The molecule has 0 spiro atoms. The van der Waals surface area contributed by atoms with E-state index in [2.05, 4.69) is 47.9 Å². The fourth-order valence-corrected chi connectivity index (χ4v) is 3.52. The summed E-state index contributed by atoms with van der Waals surface area (Å²) in [5, 5.41) is 3.49. The number of hydrogen-bond donors (Lipinski definition) is 1. The second-order valence-corrected chi connectivity index (χ2v) is 7.16. The molecule has 1 fully saturated rings. The molecule has 130 valence electrons.